The molecule has 0 saturated carbocycles. The highest BCUT2D eigenvalue weighted by atomic mass is 32.1. The molecule has 1 saturated heterocycles. The summed E-state index contributed by atoms with van der Waals surface area (Å²) in [6, 6.07) is 14.2. The number of hydrogen-bond donors (Lipinski definition) is 0. The molecule has 4 aromatic rings. The molecular formula is C22H21FN4O2S. The Morgan fingerprint density at radius 2 is 1.87 bits per heavy atom. The first-order chi connectivity index (χ1) is 14.7. The van der Waals surface area contributed by atoms with E-state index >= 15 is 0 Å². The number of rotatable bonds is 6. The van der Waals surface area contributed by atoms with Crippen molar-refractivity contribution in [2.75, 3.05) is 13.1 Å². The van der Waals surface area contributed by atoms with Crippen LogP contribution in [0.25, 0.3) is 10.2 Å². The molecule has 0 amide bonds. The molecule has 8 heteroatoms. The molecule has 30 heavy (non-hydrogen) atoms. The summed E-state index contributed by atoms with van der Waals surface area (Å²) >= 11 is 1.81. The van der Waals surface area contributed by atoms with Crippen LogP contribution in [0.4, 0.5) is 4.39 Å². The first-order valence-electron chi connectivity index (χ1n) is 10.0. The molecule has 0 bridgehead atoms. The summed E-state index contributed by atoms with van der Waals surface area (Å²) < 4.78 is 25.1. The maximum atomic E-state index is 12.9. The number of piperidine rings is 1. The third kappa shape index (κ3) is 4.34. The molecule has 1 aliphatic rings. The molecule has 6 nitrogen and oxygen atoms in total. The van der Waals surface area contributed by atoms with Gasteiger partial charge in [0, 0.05) is 5.92 Å². The third-order valence-electron chi connectivity index (χ3n) is 5.30. The van der Waals surface area contributed by atoms with Gasteiger partial charge in [0.1, 0.15) is 11.6 Å². The average Bonchev–Trinajstić information content (AvgIpc) is 3.41. The van der Waals surface area contributed by atoms with Crippen LogP contribution in [0, 0.1) is 5.82 Å². The first kappa shape index (κ1) is 19.1. The molecule has 1 aliphatic heterocycles. The van der Waals surface area contributed by atoms with Crippen LogP contribution in [0.2, 0.25) is 0 Å². The fourth-order valence-corrected chi connectivity index (χ4v) is 4.82. The second-order valence-corrected chi connectivity index (χ2v) is 8.48. The standard InChI is InChI=1S/C22H21FN4O2S/c23-16-5-7-17(8-6-16)28-14-20-25-21(29-26-20)13-27-11-9-15(10-12-27)22-24-18-3-1-2-4-19(18)30-22/h1-8,15H,9-14H2. The third-order valence-corrected chi connectivity index (χ3v) is 6.50. The van der Waals surface area contributed by atoms with Gasteiger partial charge in [-0.05, 0) is 62.3 Å². The van der Waals surface area contributed by atoms with E-state index in [0.29, 0.717) is 29.9 Å². The lowest BCUT2D eigenvalue weighted by Gasteiger charge is -2.29. The van der Waals surface area contributed by atoms with Gasteiger partial charge in [-0.3, -0.25) is 4.90 Å². The van der Waals surface area contributed by atoms with E-state index in [0.717, 1.165) is 31.4 Å². The van der Waals surface area contributed by atoms with Gasteiger partial charge >= 0.3 is 0 Å². The van der Waals surface area contributed by atoms with Gasteiger partial charge < -0.3 is 9.26 Å². The first-order valence-corrected chi connectivity index (χ1v) is 10.8. The summed E-state index contributed by atoms with van der Waals surface area (Å²) in [6.45, 7) is 2.78. The number of nitrogens with zero attached hydrogens (tertiary/aromatic N) is 4. The van der Waals surface area contributed by atoms with Crippen molar-refractivity contribution in [1.29, 1.82) is 0 Å². The summed E-state index contributed by atoms with van der Waals surface area (Å²) in [4.78, 5) is 11.6. The van der Waals surface area contributed by atoms with Gasteiger partial charge in [0.15, 0.2) is 6.61 Å². The molecule has 0 N–H and O–H groups in total. The van der Waals surface area contributed by atoms with E-state index in [9.17, 15) is 4.39 Å². The quantitative estimate of drug-likeness (QED) is 0.444. The van der Waals surface area contributed by atoms with Gasteiger partial charge in [-0.1, -0.05) is 17.3 Å². The van der Waals surface area contributed by atoms with Gasteiger partial charge in [-0.15, -0.1) is 11.3 Å². The number of aromatic nitrogens is 3. The van der Waals surface area contributed by atoms with E-state index in [4.69, 9.17) is 14.2 Å². The largest absolute Gasteiger partial charge is 0.485 e. The Bertz CT molecular complexity index is 1090. The summed E-state index contributed by atoms with van der Waals surface area (Å²) in [5.41, 5.74) is 1.10. The normalized spacial score (nSPS) is 15.6. The molecule has 0 aliphatic carbocycles. The maximum absolute atomic E-state index is 12.9. The zero-order valence-corrected chi connectivity index (χ0v) is 17.1. The number of benzene rings is 2. The fourth-order valence-electron chi connectivity index (χ4n) is 3.69. The van der Waals surface area contributed by atoms with Crippen molar-refractivity contribution in [1.82, 2.24) is 20.0 Å². The van der Waals surface area contributed by atoms with Crippen molar-refractivity contribution in [3.8, 4) is 5.75 Å². The number of fused-ring (bicyclic) bond motifs is 1. The van der Waals surface area contributed by atoms with Crippen LogP contribution in [0.3, 0.4) is 0 Å². The van der Waals surface area contributed by atoms with Gasteiger partial charge in [-0.2, -0.15) is 4.98 Å². The predicted molar refractivity (Wildman–Crippen MR) is 112 cm³/mol. The smallest absolute Gasteiger partial charge is 0.240 e. The van der Waals surface area contributed by atoms with Crippen LogP contribution in [0.15, 0.2) is 53.1 Å². The molecule has 0 unspecified atom stereocenters. The van der Waals surface area contributed by atoms with E-state index in [-0.39, 0.29) is 12.4 Å². The van der Waals surface area contributed by atoms with Crippen molar-refractivity contribution in [3.63, 3.8) is 0 Å². The second kappa shape index (κ2) is 8.49. The highest BCUT2D eigenvalue weighted by molar-refractivity contribution is 7.18. The minimum Gasteiger partial charge on any atom is -0.485 e. The zero-order chi connectivity index (χ0) is 20.3. The predicted octanol–water partition coefficient (Wildman–Crippen LogP) is 4.78. The van der Waals surface area contributed by atoms with Crippen LogP contribution < -0.4 is 4.74 Å². The number of hydrogen-bond acceptors (Lipinski definition) is 7. The monoisotopic (exact) mass is 424 g/mol. The van der Waals surface area contributed by atoms with E-state index < -0.39 is 0 Å². The van der Waals surface area contributed by atoms with Crippen molar-refractivity contribution in [2.45, 2.75) is 31.9 Å². The van der Waals surface area contributed by atoms with Crippen LogP contribution in [-0.2, 0) is 13.2 Å². The number of halogens is 1. The summed E-state index contributed by atoms with van der Waals surface area (Å²) in [5, 5.41) is 5.23. The van der Waals surface area contributed by atoms with Gasteiger partial charge in [0.2, 0.25) is 11.7 Å². The molecule has 3 heterocycles. The minimum atomic E-state index is -0.295. The van der Waals surface area contributed by atoms with E-state index in [1.807, 2.05) is 17.4 Å². The topological polar surface area (TPSA) is 64.3 Å². The molecule has 1 fully saturated rings. The van der Waals surface area contributed by atoms with Crippen molar-refractivity contribution < 1.29 is 13.7 Å². The van der Waals surface area contributed by atoms with E-state index in [1.54, 1.807) is 12.1 Å². The number of para-hydroxylation sites is 1. The lowest BCUT2D eigenvalue weighted by atomic mass is 9.97. The van der Waals surface area contributed by atoms with Gasteiger partial charge in [0.05, 0.1) is 21.8 Å². The highest BCUT2D eigenvalue weighted by Gasteiger charge is 2.24. The van der Waals surface area contributed by atoms with Gasteiger partial charge in [0.25, 0.3) is 0 Å². The molecule has 0 spiro atoms. The van der Waals surface area contributed by atoms with Crippen molar-refractivity contribution in [2.24, 2.45) is 0 Å². The second-order valence-electron chi connectivity index (χ2n) is 7.42. The Balaban J connectivity index is 1.13. The van der Waals surface area contributed by atoms with Crippen LogP contribution in [-0.4, -0.2) is 33.1 Å². The average molecular weight is 425 g/mol. The Hall–Kier alpha value is -2.84. The summed E-state index contributed by atoms with van der Waals surface area (Å²) in [7, 11) is 0. The van der Waals surface area contributed by atoms with E-state index in [2.05, 4.69) is 33.2 Å². The molecule has 5 rings (SSSR count). The molecular weight excluding hydrogens is 403 g/mol. The number of thiazole rings is 1. The Kier molecular flexibility index (Phi) is 5.42. The van der Waals surface area contributed by atoms with Gasteiger partial charge in [-0.25, -0.2) is 9.37 Å². The maximum Gasteiger partial charge on any atom is 0.240 e. The summed E-state index contributed by atoms with van der Waals surface area (Å²) in [5.74, 6) is 1.86. The Labute approximate surface area is 177 Å². The minimum absolute atomic E-state index is 0.189. The van der Waals surface area contributed by atoms with Crippen LogP contribution >= 0.6 is 11.3 Å². The lowest BCUT2D eigenvalue weighted by molar-refractivity contribution is 0.180. The van der Waals surface area contributed by atoms with Crippen molar-refractivity contribution in [3.05, 3.63) is 71.1 Å². The molecule has 0 atom stereocenters. The molecule has 2 aromatic heterocycles. The van der Waals surface area contributed by atoms with Crippen molar-refractivity contribution >= 4 is 21.6 Å². The fraction of sp³-hybridized carbons (Fsp3) is 0.318. The number of likely N-dealkylation sites (tertiary alicyclic amines) is 1. The van der Waals surface area contributed by atoms with Crippen LogP contribution in [0.1, 0.15) is 35.5 Å². The van der Waals surface area contributed by atoms with Crippen LogP contribution in [0.5, 0.6) is 5.75 Å². The lowest BCUT2D eigenvalue weighted by Crippen LogP contribution is -2.32. The summed E-state index contributed by atoms with van der Waals surface area (Å²) in [6.07, 6.45) is 2.16. The Morgan fingerprint density at radius 3 is 2.67 bits per heavy atom. The molecule has 0 radical (unpaired) electrons. The van der Waals surface area contributed by atoms with E-state index in [1.165, 1.54) is 21.8 Å². The number of ether oxygens (including phenoxy) is 1. The Morgan fingerprint density at radius 1 is 1.07 bits per heavy atom. The molecule has 2 aromatic carbocycles. The highest BCUT2D eigenvalue weighted by Crippen LogP contribution is 2.34. The SMILES string of the molecule is Fc1ccc(OCc2noc(CN3CCC(c4nc5ccccc5s4)CC3)n2)cc1. The zero-order valence-electron chi connectivity index (χ0n) is 16.3. The molecule has 154 valence electrons.